The molecule has 134 valence electrons. The third kappa shape index (κ3) is 4.06. The zero-order valence-corrected chi connectivity index (χ0v) is 16.1. The van der Waals surface area contributed by atoms with Gasteiger partial charge in [0.1, 0.15) is 10.3 Å². The molecule has 0 spiro atoms. The summed E-state index contributed by atoms with van der Waals surface area (Å²) < 4.78 is 27.7. The number of hydrogen-bond acceptors (Lipinski definition) is 4. The van der Waals surface area contributed by atoms with Crippen molar-refractivity contribution < 1.29 is 13.2 Å². The Morgan fingerprint density at radius 3 is 2.76 bits per heavy atom. The molecule has 2 heterocycles. The van der Waals surface area contributed by atoms with E-state index in [2.05, 4.69) is 5.32 Å². The molecule has 1 amide bonds. The Morgan fingerprint density at radius 1 is 1.28 bits per heavy atom. The van der Waals surface area contributed by atoms with Crippen molar-refractivity contribution in [2.75, 3.05) is 11.9 Å². The van der Waals surface area contributed by atoms with Crippen molar-refractivity contribution in [3.8, 4) is 0 Å². The van der Waals surface area contributed by atoms with E-state index in [1.807, 2.05) is 25.1 Å². The van der Waals surface area contributed by atoms with Crippen LogP contribution in [0, 0.1) is 6.92 Å². The molecule has 1 N–H and O–H groups in total. The quantitative estimate of drug-likeness (QED) is 0.849. The molecule has 0 saturated carbocycles. The van der Waals surface area contributed by atoms with Crippen molar-refractivity contribution in [3.63, 3.8) is 0 Å². The highest BCUT2D eigenvalue weighted by molar-refractivity contribution is 7.91. The summed E-state index contributed by atoms with van der Waals surface area (Å²) in [6.45, 7) is 2.28. The normalized spacial score (nSPS) is 18.9. The third-order valence-corrected chi connectivity index (χ3v) is 7.76. The molecule has 1 atom stereocenters. The van der Waals surface area contributed by atoms with Crippen LogP contribution >= 0.6 is 22.9 Å². The molecule has 1 aromatic carbocycles. The van der Waals surface area contributed by atoms with Gasteiger partial charge in [0.25, 0.3) is 10.0 Å². The predicted molar refractivity (Wildman–Crippen MR) is 101 cm³/mol. The van der Waals surface area contributed by atoms with E-state index < -0.39 is 16.1 Å². The number of nitrogens with one attached hydrogen (secondary N) is 1. The fourth-order valence-corrected chi connectivity index (χ4v) is 6.22. The molecule has 8 heteroatoms. The van der Waals surface area contributed by atoms with Crippen LogP contribution in [0.5, 0.6) is 0 Å². The Morgan fingerprint density at radius 2 is 2.08 bits per heavy atom. The minimum absolute atomic E-state index is 0.174. The number of thiophene rings is 1. The molecule has 2 aromatic rings. The lowest BCUT2D eigenvalue weighted by Gasteiger charge is -2.33. The number of halogens is 1. The molecular formula is C17H19ClN2O3S2. The van der Waals surface area contributed by atoms with Crippen molar-refractivity contribution in [1.29, 1.82) is 0 Å². The van der Waals surface area contributed by atoms with Crippen molar-refractivity contribution in [2.45, 2.75) is 36.4 Å². The standard InChI is InChI=1S/C17H19ClN2O3S2/c1-12-5-4-6-13(11-12)19-17(21)14-7-2-3-10-20(14)25(22,23)16-9-8-15(18)24-16/h4-6,8-9,11,14H,2-3,7,10H2,1H3,(H,19,21)/t14-/m0/s1. The minimum atomic E-state index is -3.73. The molecule has 3 rings (SSSR count). The molecule has 5 nitrogen and oxygen atoms in total. The molecule has 1 saturated heterocycles. The number of hydrogen-bond donors (Lipinski definition) is 1. The fourth-order valence-electron chi connectivity index (χ4n) is 2.96. The fraction of sp³-hybridized carbons (Fsp3) is 0.353. The van der Waals surface area contributed by atoms with E-state index >= 15 is 0 Å². The highest BCUT2D eigenvalue weighted by Crippen LogP contribution is 2.32. The van der Waals surface area contributed by atoms with Crippen LogP contribution in [-0.4, -0.2) is 31.2 Å². The van der Waals surface area contributed by atoms with E-state index in [4.69, 9.17) is 11.6 Å². The Kier molecular flexibility index (Phi) is 5.48. The largest absolute Gasteiger partial charge is 0.325 e. The summed E-state index contributed by atoms with van der Waals surface area (Å²) in [5.74, 6) is -0.295. The second kappa shape index (κ2) is 7.45. The van der Waals surface area contributed by atoms with Crippen LogP contribution < -0.4 is 5.32 Å². The number of sulfonamides is 1. The van der Waals surface area contributed by atoms with Gasteiger partial charge in [-0.25, -0.2) is 8.42 Å². The van der Waals surface area contributed by atoms with Crippen LogP contribution in [0.3, 0.4) is 0 Å². The van der Waals surface area contributed by atoms with Gasteiger partial charge in [0.15, 0.2) is 0 Å². The second-order valence-corrected chi connectivity index (χ2v) is 9.88. The topological polar surface area (TPSA) is 66.5 Å². The van der Waals surface area contributed by atoms with Crippen molar-refractivity contribution in [2.24, 2.45) is 0 Å². The Labute approximate surface area is 156 Å². The van der Waals surface area contributed by atoms with E-state index in [9.17, 15) is 13.2 Å². The third-order valence-electron chi connectivity index (χ3n) is 4.15. The SMILES string of the molecule is Cc1cccc(NC(=O)[C@@H]2CCCCN2S(=O)(=O)c2ccc(Cl)s2)c1. The Balaban J connectivity index is 1.84. The van der Waals surface area contributed by atoms with Crippen LogP contribution in [0.15, 0.2) is 40.6 Å². The average molecular weight is 399 g/mol. The summed E-state index contributed by atoms with van der Waals surface area (Å²) in [7, 11) is -3.73. The van der Waals surface area contributed by atoms with Gasteiger partial charge in [-0.3, -0.25) is 4.79 Å². The summed E-state index contributed by atoms with van der Waals surface area (Å²) >= 11 is 6.89. The first-order valence-corrected chi connectivity index (χ1v) is 10.7. The van der Waals surface area contributed by atoms with Gasteiger partial charge in [-0.15, -0.1) is 11.3 Å². The molecule has 0 unspecified atom stereocenters. The molecule has 0 bridgehead atoms. The van der Waals surface area contributed by atoms with Crippen molar-refractivity contribution in [1.82, 2.24) is 4.31 Å². The molecule has 0 aliphatic carbocycles. The van der Waals surface area contributed by atoms with E-state index in [0.717, 1.165) is 29.7 Å². The monoisotopic (exact) mass is 398 g/mol. The first-order chi connectivity index (χ1) is 11.9. The number of anilines is 1. The number of amides is 1. The van der Waals surface area contributed by atoms with Crippen molar-refractivity contribution in [3.05, 3.63) is 46.3 Å². The lowest BCUT2D eigenvalue weighted by molar-refractivity contribution is -0.120. The van der Waals surface area contributed by atoms with Crippen molar-refractivity contribution >= 4 is 44.6 Å². The molecule has 1 aliphatic rings. The summed E-state index contributed by atoms with van der Waals surface area (Å²) in [5, 5.41) is 2.84. The van der Waals surface area contributed by atoms with E-state index in [1.165, 1.54) is 10.4 Å². The molecule has 1 aromatic heterocycles. The summed E-state index contributed by atoms with van der Waals surface area (Å²) in [6.07, 6.45) is 2.08. The lowest BCUT2D eigenvalue weighted by atomic mass is 10.0. The number of benzene rings is 1. The highest BCUT2D eigenvalue weighted by Gasteiger charge is 2.38. The van der Waals surface area contributed by atoms with Gasteiger partial charge in [0.05, 0.1) is 4.34 Å². The summed E-state index contributed by atoms with van der Waals surface area (Å²) in [4.78, 5) is 12.7. The smallest absolute Gasteiger partial charge is 0.253 e. The maximum absolute atomic E-state index is 12.9. The molecular weight excluding hydrogens is 380 g/mol. The number of piperidine rings is 1. The zero-order valence-electron chi connectivity index (χ0n) is 13.7. The molecule has 0 radical (unpaired) electrons. The summed E-state index contributed by atoms with van der Waals surface area (Å²) in [5.41, 5.74) is 1.70. The second-order valence-electron chi connectivity index (χ2n) is 6.04. The van der Waals surface area contributed by atoms with Gasteiger partial charge in [-0.05, 0) is 49.6 Å². The number of aryl methyl sites for hydroxylation is 1. The van der Waals surface area contributed by atoms with Gasteiger partial charge < -0.3 is 5.32 Å². The van der Waals surface area contributed by atoms with E-state index in [-0.39, 0.29) is 10.1 Å². The van der Waals surface area contributed by atoms with Gasteiger partial charge in [0, 0.05) is 12.2 Å². The van der Waals surface area contributed by atoms with E-state index in [0.29, 0.717) is 23.0 Å². The zero-order chi connectivity index (χ0) is 18.0. The first kappa shape index (κ1) is 18.4. The Bertz CT molecular complexity index is 880. The van der Waals surface area contributed by atoms with Crippen LogP contribution in [0.1, 0.15) is 24.8 Å². The molecule has 1 fully saturated rings. The highest BCUT2D eigenvalue weighted by atomic mass is 35.5. The van der Waals surface area contributed by atoms with Gasteiger partial charge in [-0.1, -0.05) is 30.2 Å². The van der Waals surface area contributed by atoms with Crippen LogP contribution in [0.25, 0.3) is 0 Å². The van der Waals surface area contributed by atoms with Crippen LogP contribution in [0.4, 0.5) is 5.69 Å². The maximum atomic E-state index is 12.9. The van der Waals surface area contributed by atoms with Crippen LogP contribution in [-0.2, 0) is 14.8 Å². The van der Waals surface area contributed by atoms with E-state index in [1.54, 1.807) is 12.1 Å². The number of carbonyl (C=O) groups excluding carboxylic acids is 1. The maximum Gasteiger partial charge on any atom is 0.253 e. The lowest BCUT2D eigenvalue weighted by Crippen LogP contribution is -2.49. The molecule has 1 aliphatic heterocycles. The predicted octanol–water partition coefficient (Wildman–Crippen LogP) is 3.89. The van der Waals surface area contributed by atoms with Gasteiger partial charge in [0.2, 0.25) is 5.91 Å². The number of nitrogens with zero attached hydrogens (tertiary/aromatic N) is 1. The number of carbonyl (C=O) groups is 1. The van der Waals surface area contributed by atoms with Gasteiger partial charge in [-0.2, -0.15) is 4.31 Å². The average Bonchev–Trinajstić information content (AvgIpc) is 3.02. The van der Waals surface area contributed by atoms with Crippen LogP contribution in [0.2, 0.25) is 4.34 Å². The first-order valence-electron chi connectivity index (χ1n) is 8.02. The minimum Gasteiger partial charge on any atom is -0.325 e. The molecule has 25 heavy (non-hydrogen) atoms. The summed E-state index contributed by atoms with van der Waals surface area (Å²) in [6, 6.07) is 9.79. The Hall–Kier alpha value is -1.41. The van der Waals surface area contributed by atoms with Gasteiger partial charge >= 0.3 is 0 Å². The number of rotatable bonds is 4.